The largest absolute Gasteiger partial charge is 0.358 e. The molecule has 3 heteroatoms. The molecule has 0 saturated carbocycles. The maximum atomic E-state index is 10.5. The standard InChI is InChI=1S/C7H12N2O/c1-3-4-5-9-6-7(10)8-2/h3-5H,6H2,1-2H3,(H,8,10)/b4-3-,9-5-. The van der Waals surface area contributed by atoms with Crippen LogP contribution in [0.3, 0.4) is 0 Å². The van der Waals surface area contributed by atoms with Crippen LogP contribution in [0.5, 0.6) is 0 Å². The summed E-state index contributed by atoms with van der Waals surface area (Å²) in [5.41, 5.74) is 0. The Morgan fingerprint density at radius 2 is 2.40 bits per heavy atom. The molecule has 0 saturated heterocycles. The van der Waals surface area contributed by atoms with Crippen LogP contribution >= 0.6 is 0 Å². The Morgan fingerprint density at radius 3 is 2.90 bits per heavy atom. The highest BCUT2D eigenvalue weighted by Crippen LogP contribution is 1.69. The number of nitrogens with zero attached hydrogens (tertiary/aromatic N) is 1. The summed E-state index contributed by atoms with van der Waals surface area (Å²) in [6, 6.07) is 0. The highest BCUT2D eigenvalue weighted by Gasteiger charge is 1.89. The minimum atomic E-state index is -0.0687. The van der Waals surface area contributed by atoms with Crippen LogP contribution in [0.2, 0.25) is 0 Å². The van der Waals surface area contributed by atoms with E-state index in [1.807, 2.05) is 13.0 Å². The van der Waals surface area contributed by atoms with E-state index in [0.29, 0.717) is 0 Å². The minimum Gasteiger partial charge on any atom is -0.358 e. The fraction of sp³-hybridized carbons (Fsp3) is 0.429. The third-order valence-corrected chi connectivity index (χ3v) is 0.898. The van der Waals surface area contributed by atoms with E-state index in [-0.39, 0.29) is 12.5 Å². The van der Waals surface area contributed by atoms with Gasteiger partial charge in [-0.15, -0.1) is 0 Å². The summed E-state index contributed by atoms with van der Waals surface area (Å²) < 4.78 is 0. The molecule has 0 aliphatic rings. The zero-order chi connectivity index (χ0) is 7.82. The summed E-state index contributed by atoms with van der Waals surface area (Å²) in [4.78, 5) is 14.3. The van der Waals surface area contributed by atoms with Crippen LogP contribution in [0.15, 0.2) is 17.1 Å². The van der Waals surface area contributed by atoms with Crippen LogP contribution in [0.25, 0.3) is 0 Å². The van der Waals surface area contributed by atoms with Gasteiger partial charge in [0.25, 0.3) is 0 Å². The van der Waals surface area contributed by atoms with Crippen LogP contribution in [0, 0.1) is 0 Å². The smallest absolute Gasteiger partial charge is 0.241 e. The van der Waals surface area contributed by atoms with Gasteiger partial charge in [-0.3, -0.25) is 9.79 Å². The Bertz CT molecular complexity index is 150. The number of aliphatic imine (C=N–C) groups is 1. The average Bonchev–Trinajstić information content (AvgIpc) is 1.98. The van der Waals surface area contributed by atoms with E-state index in [4.69, 9.17) is 0 Å². The number of carbonyl (C=O) groups is 1. The van der Waals surface area contributed by atoms with Crippen molar-refractivity contribution in [1.82, 2.24) is 5.32 Å². The maximum Gasteiger partial charge on any atom is 0.241 e. The van der Waals surface area contributed by atoms with E-state index >= 15 is 0 Å². The molecule has 1 amide bonds. The van der Waals surface area contributed by atoms with Crippen LogP contribution in [0.1, 0.15) is 6.92 Å². The Morgan fingerprint density at radius 1 is 1.70 bits per heavy atom. The molecule has 0 radical (unpaired) electrons. The van der Waals surface area contributed by atoms with Gasteiger partial charge in [-0.1, -0.05) is 6.08 Å². The predicted molar refractivity (Wildman–Crippen MR) is 42.2 cm³/mol. The van der Waals surface area contributed by atoms with Gasteiger partial charge in [0.2, 0.25) is 5.91 Å². The zero-order valence-electron chi connectivity index (χ0n) is 6.29. The van der Waals surface area contributed by atoms with Crippen LogP contribution in [0.4, 0.5) is 0 Å². The summed E-state index contributed by atoms with van der Waals surface area (Å²) >= 11 is 0. The molecule has 0 aliphatic carbocycles. The van der Waals surface area contributed by atoms with Crippen LogP contribution in [-0.4, -0.2) is 25.7 Å². The molecule has 0 bridgehead atoms. The van der Waals surface area contributed by atoms with Gasteiger partial charge < -0.3 is 5.32 Å². The number of rotatable bonds is 3. The number of carbonyl (C=O) groups excluding carboxylic acids is 1. The first-order valence-electron chi connectivity index (χ1n) is 3.13. The minimum absolute atomic E-state index is 0.0687. The van der Waals surface area contributed by atoms with Crippen molar-refractivity contribution in [3.05, 3.63) is 12.2 Å². The van der Waals surface area contributed by atoms with Crippen molar-refractivity contribution in [1.29, 1.82) is 0 Å². The molecule has 0 unspecified atom stereocenters. The predicted octanol–water partition coefficient (Wildman–Crippen LogP) is 0.379. The van der Waals surface area contributed by atoms with Gasteiger partial charge in [0.15, 0.2) is 0 Å². The first-order chi connectivity index (χ1) is 4.81. The normalized spacial score (nSPS) is 11.0. The number of likely N-dealkylation sites (N-methyl/N-ethyl adjacent to an activating group) is 1. The van der Waals surface area contributed by atoms with E-state index in [9.17, 15) is 4.79 Å². The molecule has 0 aromatic rings. The van der Waals surface area contributed by atoms with Crippen molar-refractivity contribution in [3.8, 4) is 0 Å². The van der Waals surface area contributed by atoms with Gasteiger partial charge in [-0.25, -0.2) is 0 Å². The van der Waals surface area contributed by atoms with Crippen molar-refractivity contribution in [2.75, 3.05) is 13.6 Å². The molecule has 56 valence electrons. The van der Waals surface area contributed by atoms with E-state index in [2.05, 4.69) is 10.3 Å². The molecule has 0 aromatic carbocycles. The molecule has 0 rings (SSSR count). The first kappa shape index (κ1) is 8.88. The average molecular weight is 140 g/mol. The lowest BCUT2D eigenvalue weighted by Gasteiger charge is -1.90. The number of hydrogen-bond donors (Lipinski definition) is 1. The second-order valence-corrected chi connectivity index (χ2v) is 1.69. The topological polar surface area (TPSA) is 41.5 Å². The summed E-state index contributed by atoms with van der Waals surface area (Å²) in [5, 5.41) is 2.47. The van der Waals surface area contributed by atoms with E-state index in [1.165, 1.54) is 0 Å². The molecule has 3 nitrogen and oxygen atoms in total. The van der Waals surface area contributed by atoms with Crippen LogP contribution < -0.4 is 5.32 Å². The number of amides is 1. The monoisotopic (exact) mass is 140 g/mol. The summed E-state index contributed by atoms with van der Waals surface area (Å²) in [5.74, 6) is -0.0687. The molecule has 0 aromatic heterocycles. The Hall–Kier alpha value is -1.12. The molecule has 0 heterocycles. The van der Waals surface area contributed by atoms with Crippen molar-refractivity contribution in [2.45, 2.75) is 6.92 Å². The summed E-state index contributed by atoms with van der Waals surface area (Å²) in [6.45, 7) is 2.10. The molecule has 0 aliphatic heterocycles. The van der Waals surface area contributed by atoms with Gasteiger partial charge in [-0.05, 0) is 13.0 Å². The van der Waals surface area contributed by atoms with Crippen molar-refractivity contribution >= 4 is 12.1 Å². The van der Waals surface area contributed by atoms with Crippen LogP contribution in [-0.2, 0) is 4.79 Å². The third kappa shape index (κ3) is 5.03. The van der Waals surface area contributed by atoms with E-state index in [0.717, 1.165) is 0 Å². The fourth-order valence-corrected chi connectivity index (χ4v) is 0.362. The quantitative estimate of drug-likeness (QED) is 0.566. The van der Waals surface area contributed by atoms with Crippen molar-refractivity contribution < 1.29 is 4.79 Å². The molecule has 0 atom stereocenters. The molecule has 10 heavy (non-hydrogen) atoms. The number of allylic oxidation sites excluding steroid dienone is 2. The van der Waals surface area contributed by atoms with Gasteiger partial charge >= 0.3 is 0 Å². The van der Waals surface area contributed by atoms with Crippen molar-refractivity contribution in [2.24, 2.45) is 4.99 Å². The first-order valence-corrected chi connectivity index (χ1v) is 3.13. The van der Waals surface area contributed by atoms with E-state index in [1.54, 1.807) is 19.3 Å². The number of hydrogen-bond acceptors (Lipinski definition) is 2. The highest BCUT2D eigenvalue weighted by molar-refractivity contribution is 5.80. The Kier molecular flexibility index (Phi) is 5.33. The molecule has 1 N–H and O–H groups in total. The summed E-state index contributed by atoms with van der Waals surface area (Å²) in [6.07, 6.45) is 5.24. The highest BCUT2D eigenvalue weighted by atomic mass is 16.1. The maximum absolute atomic E-state index is 10.5. The lowest BCUT2D eigenvalue weighted by atomic mass is 10.5. The van der Waals surface area contributed by atoms with Gasteiger partial charge in [0, 0.05) is 13.3 Å². The Balaban J connectivity index is 3.43. The molecular formula is C7H12N2O. The molecule has 0 fully saturated rings. The van der Waals surface area contributed by atoms with Gasteiger partial charge in [0.05, 0.1) is 0 Å². The third-order valence-electron chi connectivity index (χ3n) is 0.898. The van der Waals surface area contributed by atoms with E-state index < -0.39 is 0 Å². The number of nitrogens with one attached hydrogen (secondary N) is 1. The molecular weight excluding hydrogens is 128 g/mol. The second-order valence-electron chi connectivity index (χ2n) is 1.69. The molecule has 0 spiro atoms. The summed E-state index contributed by atoms with van der Waals surface area (Å²) in [7, 11) is 1.59. The fourth-order valence-electron chi connectivity index (χ4n) is 0.362. The Labute approximate surface area is 60.8 Å². The van der Waals surface area contributed by atoms with Gasteiger partial charge in [0.1, 0.15) is 6.54 Å². The lowest BCUT2D eigenvalue weighted by molar-refractivity contribution is -0.119. The zero-order valence-corrected chi connectivity index (χ0v) is 6.29. The van der Waals surface area contributed by atoms with Crippen molar-refractivity contribution in [3.63, 3.8) is 0 Å². The lowest BCUT2D eigenvalue weighted by Crippen LogP contribution is -2.20. The SMILES string of the molecule is C/C=C\C=N/CC(=O)NC. The second kappa shape index (κ2) is 6.01. The van der Waals surface area contributed by atoms with Gasteiger partial charge in [-0.2, -0.15) is 0 Å².